The smallest absolute Gasteiger partial charge is 0.176 e. The molecule has 4 rings (SSSR count). The first-order valence-corrected chi connectivity index (χ1v) is 7.32. The zero-order chi connectivity index (χ0) is 12.8. The van der Waals surface area contributed by atoms with E-state index < -0.39 is 0 Å². The minimum Gasteiger partial charge on any atom is -0.358 e. The molecular weight excluding hydrogens is 232 g/mol. The molecule has 1 aliphatic rings. The number of pyridine rings is 1. The third-order valence-electron chi connectivity index (χ3n) is 4.45. The standard InChI is InChI=1S/C17H18N2/c1-2-19-10-9-13-12(11-19)7-8-15-14-5-3-4-6-16(14)18-17(13)15/h7-11H,2-6H2,1H3/p+1. The lowest BCUT2D eigenvalue weighted by atomic mass is 9.95. The van der Waals surface area contributed by atoms with Gasteiger partial charge < -0.3 is 4.98 Å². The maximum absolute atomic E-state index is 3.69. The fourth-order valence-corrected chi connectivity index (χ4v) is 3.39. The van der Waals surface area contributed by atoms with Gasteiger partial charge in [0.25, 0.3) is 0 Å². The van der Waals surface area contributed by atoms with Crippen LogP contribution in [0, 0.1) is 0 Å². The maximum Gasteiger partial charge on any atom is 0.176 e. The minimum absolute atomic E-state index is 1.02. The van der Waals surface area contributed by atoms with Gasteiger partial charge in [-0.3, -0.25) is 0 Å². The second-order valence-electron chi connectivity index (χ2n) is 5.56. The van der Waals surface area contributed by atoms with Crippen molar-refractivity contribution in [2.45, 2.75) is 39.2 Å². The van der Waals surface area contributed by atoms with Crippen molar-refractivity contribution in [1.82, 2.24) is 4.98 Å². The Bertz CT molecular complexity index is 768. The van der Waals surface area contributed by atoms with Crippen LogP contribution >= 0.6 is 0 Å². The highest BCUT2D eigenvalue weighted by Crippen LogP contribution is 2.32. The average Bonchev–Trinajstić information content (AvgIpc) is 2.85. The van der Waals surface area contributed by atoms with Gasteiger partial charge >= 0.3 is 0 Å². The lowest BCUT2D eigenvalue weighted by Gasteiger charge is -2.10. The molecule has 0 saturated carbocycles. The molecule has 0 radical (unpaired) electrons. The van der Waals surface area contributed by atoms with Crippen molar-refractivity contribution in [3.05, 3.63) is 41.9 Å². The Morgan fingerprint density at radius 1 is 1.11 bits per heavy atom. The van der Waals surface area contributed by atoms with Crippen LogP contribution in [0.15, 0.2) is 30.6 Å². The largest absolute Gasteiger partial charge is 0.358 e. The maximum atomic E-state index is 3.69. The van der Waals surface area contributed by atoms with E-state index in [1.807, 2.05) is 0 Å². The molecular formula is C17H19N2+. The summed E-state index contributed by atoms with van der Waals surface area (Å²) in [6, 6.07) is 6.83. The SMILES string of the molecule is CC[n+]1ccc2c(ccc3c4c([nH]c32)CCCC4)c1. The Kier molecular flexibility index (Phi) is 2.37. The summed E-state index contributed by atoms with van der Waals surface area (Å²) >= 11 is 0. The number of hydrogen-bond donors (Lipinski definition) is 1. The highest BCUT2D eigenvalue weighted by molar-refractivity contribution is 6.06. The van der Waals surface area contributed by atoms with E-state index in [0.717, 1.165) is 6.54 Å². The molecule has 0 fully saturated rings. The summed E-state index contributed by atoms with van der Waals surface area (Å²) in [6.07, 6.45) is 9.54. The van der Waals surface area contributed by atoms with Crippen LogP contribution in [0.25, 0.3) is 21.7 Å². The molecule has 0 unspecified atom stereocenters. The highest BCUT2D eigenvalue weighted by atomic mass is 14.9. The first-order valence-electron chi connectivity index (χ1n) is 7.32. The topological polar surface area (TPSA) is 19.7 Å². The quantitative estimate of drug-likeness (QED) is 0.639. The number of hydrogen-bond acceptors (Lipinski definition) is 0. The van der Waals surface area contributed by atoms with Gasteiger partial charge in [0.05, 0.1) is 5.52 Å². The summed E-state index contributed by atoms with van der Waals surface area (Å²) in [5, 5.41) is 4.13. The lowest BCUT2D eigenvalue weighted by molar-refractivity contribution is -0.692. The molecule has 0 spiro atoms. The van der Waals surface area contributed by atoms with E-state index in [2.05, 4.69) is 47.1 Å². The van der Waals surface area contributed by atoms with Crippen LogP contribution in [0.1, 0.15) is 31.0 Å². The van der Waals surface area contributed by atoms with Crippen LogP contribution < -0.4 is 4.57 Å². The fraction of sp³-hybridized carbons (Fsp3) is 0.353. The molecule has 0 saturated heterocycles. The molecule has 1 N–H and O–H groups in total. The summed E-state index contributed by atoms with van der Waals surface area (Å²) in [7, 11) is 0. The van der Waals surface area contributed by atoms with Gasteiger partial charge in [0.15, 0.2) is 12.4 Å². The second kappa shape index (κ2) is 4.09. The number of nitrogens with one attached hydrogen (secondary N) is 1. The van der Waals surface area contributed by atoms with Crippen LogP contribution in [0.2, 0.25) is 0 Å². The molecule has 2 heteroatoms. The molecule has 96 valence electrons. The van der Waals surface area contributed by atoms with E-state index in [1.165, 1.54) is 53.1 Å². The third kappa shape index (κ3) is 1.59. The number of aromatic nitrogens is 2. The van der Waals surface area contributed by atoms with E-state index in [1.54, 1.807) is 5.56 Å². The van der Waals surface area contributed by atoms with Crippen molar-refractivity contribution in [2.24, 2.45) is 0 Å². The molecule has 2 heterocycles. The molecule has 2 aromatic heterocycles. The van der Waals surface area contributed by atoms with E-state index in [9.17, 15) is 0 Å². The number of fused-ring (bicyclic) bond motifs is 5. The van der Waals surface area contributed by atoms with Crippen molar-refractivity contribution in [1.29, 1.82) is 0 Å². The fourth-order valence-electron chi connectivity index (χ4n) is 3.39. The van der Waals surface area contributed by atoms with Crippen molar-refractivity contribution in [3.8, 4) is 0 Å². The highest BCUT2D eigenvalue weighted by Gasteiger charge is 2.17. The first kappa shape index (κ1) is 11.0. The molecule has 1 aliphatic carbocycles. The Hall–Kier alpha value is -1.83. The Morgan fingerprint density at radius 3 is 2.89 bits per heavy atom. The molecule has 0 aliphatic heterocycles. The predicted molar refractivity (Wildman–Crippen MR) is 78.3 cm³/mol. The van der Waals surface area contributed by atoms with Gasteiger partial charge in [0, 0.05) is 27.9 Å². The number of rotatable bonds is 1. The van der Waals surface area contributed by atoms with Gasteiger partial charge in [-0.1, -0.05) is 6.07 Å². The molecule has 0 amide bonds. The first-order chi connectivity index (χ1) is 9.36. The third-order valence-corrected chi connectivity index (χ3v) is 4.45. The summed E-state index contributed by atoms with van der Waals surface area (Å²) in [4.78, 5) is 3.69. The summed E-state index contributed by atoms with van der Waals surface area (Å²) in [6.45, 7) is 3.20. The summed E-state index contributed by atoms with van der Waals surface area (Å²) in [5.41, 5.74) is 4.38. The Labute approximate surface area is 113 Å². The van der Waals surface area contributed by atoms with Gasteiger partial charge in [0.1, 0.15) is 6.54 Å². The van der Waals surface area contributed by atoms with Gasteiger partial charge in [-0.15, -0.1) is 0 Å². The molecule has 0 bridgehead atoms. The number of aromatic amines is 1. The summed E-state index contributed by atoms with van der Waals surface area (Å²) < 4.78 is 2.23. The average molecular weight is 251 g/mol. The molecule has 3 aromatic rings. The zero-order valence-electron chi connectivity index (χ0n) is 11.4. The van der Waals surface area contributed by atoms with E-state index >= 15 is 0 Å². The van der Waals surface area contributed by atoms with Gasteiger partial charge in [-0.05, 0) is 44.2 Å². The van der Waals surface area contributed by atoms with E-state index in [-0.39, 0.29) is 0 Å². The van der Waals surface area contributed by atoms with Gasteiger partial charge in [-0.25, -0.2) is 4.57 Å². The lowest BCUT2D eigenvalue weighted by Crippen LogP contribution is -2.30. The number of benzene rings is 1. The van der Waals surface area contributed by atoms with Crippen LogP contribution in [0.3, 0.4) is 0 Å². The molecule has 19 heavy (non-hydrogen) atoms. The van der Waals surface area contributed by atoms with E-state index in [0.29, 0.717) is 0 Å². The minimum atomic E-state index is 1.02. The Balaban J connectivity index is 2.06. The van der Waals surface area contributed by atoms with Crippen LogP contribution in [-0.2, 0) is 19.4 Å². The molecule has 2 nitrogen and oxygen atoms in total. The Morgan fingerprint density at radius 2 is 2.00 bits per heavy atom. The van der Waals surface area contributed by atoms with Gasteiger partial charge in [0.2, 0.25) is 0 Å². The van der Waals surface area contributed by atoms with E-state index in [4.69, 9.17) is 0 Å². The number of H-pyrrole nitrogens is 1. The normalized spacial score (nSPS) is 15.0. The zero-order valence-corrected chi connectivity index (χ0v) is 11.4. The summed E-state index contributed by atoms with van der Waals surface area (Å²) in [5.74, 6) is 0. The van der Waals surface area contributed by atoms with Gasteiger partial charge in [-0.2, -0.15) is 0 Å². The van der Waals surface area contributed by atoms with Crippen LogP contribution in [-0.4, -0.2) is 4.98 Å². The van der Waals surface area contributed by atoms with Crippen molar-refractivity contribution in [2.75, 3.05) is 0 Å². The number of nitrogens with zero attached hydrogens (tertiary/aromatic N) is 1. The van der Waals surface area contributed by atoms with Crippen molar-refractivity contribution < 1.29 is 4.57 Å². The van der Waals surface area contributed by atoms with Crippen molar-refractivity contribution in [3.63, 3.8) is 0 Å². The molecule has 0 atom stereocenters. The van der Waals surface area contributed by atoms with Crippen molar-refractivity contribution >= 4 is 21.7 Å². The van der Waals surface area contributed by atoms with Crippen LogP contribution in [0.4, 0.5) is 0 Å². The molecule has 1 aromatic carbocycles. The second-order valence-corrected chi connectivity index (χ2v) is 5.56. The van der Waals surface area contributed by atoms with Crippen LogP contribution in [0.5, 0.6) is 0 Å². The monoisotopic (exact) mass is 251 g/mol. The predicted octanol–water partition coefficient (Wildman–Crippen LogP) is 3.51. The number of aryl methyl sites for hydroxylation is 3.